The maximum absolute atomic E-state index is 6.03. The minimum atomic E-state index is 0.733. The lowest BCUT2D eigenvalue weighted by molar-refractivity contribution is 0.724. The van der Waals surface area contributed by atoms with E-state index in [-0.39, 0.29) is 0 Å². The molecule has 0 saturated carbocycles. The van der Waals surface area contributed by atoms with Crippen molar-refractivity contribution in [1.29, 1.82) is 0 Å². The highest BCUT2D eigenvalue weighted by molar-refractivity contribution is 6.31. The normalized spacial score (nSPS) is 18.0. The van der Waals surface area contributed by atoms with Gasteiger partial charge in [-0.25, -0.2) is 0 Å². The fourth-order valence-corrected chi connectivity index (χ4v) is 1.12. The summed E-state index contributed by atoms with van der Waals surface area (Å²) in [5.41, 5.74) is 2.08. The Morgan fingerprint density at radius 2 is 1.92 bits per heavy atom. The minimum absolute atomic E-state index is 0.733. The first kappa shape index (κ1) is 10.1. The minimum Gasteiger partial charge on any atom is -0.368 e. The maximum Gasteiger partial charge on any atom is 0.0455 e. The molecule has 0 atom stereocenters. The molecule has 0 bridgehead atoms. The van der Waals surface area contributed by atoms with Crippen LogP contribution in [0.2, 0.25) is 0 Å². The van der Waals surface area contributed by atoms with Crippen molar-refractivity contribution in [3.63, 3.8) is 0 Å². The molecule has 1 fully saturated rings. The Morgan fingerprint density at radius 1 is 1.31 bits per heavy atom. The predicted molar refractivity (Wildman–Crippen MR) is 58.6 cm³/mol. The SMILES string of the molecule is C=C/C(C)=C(Cl)/C=C(\C=C)N1CC1. The van der Waals surface area contributed by atoms with Crippen molar-refractivity contribution in [2.75, 3.05) is 13.1 Å². The average Bonchev–Trinajstić information content (AvgIpc) is 2.95. The number of allylic oxidation sites excluding steroid dienone is 5. The van der Waals surface area contributed by atoms with Crippen molar-refractivity contribution in [3.05, 3.63) is 47.7 Å². The third-order valence-electron chi connectivity index (χ3n) is 1.98. The van der Waals surface area contributed by atoms with Gasteiger partial charge < -0.3 is 4.90 Å². The molecule has 70 valence electrons. The van der Waals surface area contributed by atoms with E-state index in [4.69, 9.17) is 11.6 Å². The van der Waals surface area contributed by atoms with Crippen molar-refractivity contribution in [1.82, 2.24) is 4.90 Å². The Labute approximate surface area is 84.7 Å². The summed E-state index contributed by atoms with van der Waals surface area (Å²) in [7, 11) is 0. The molecule has 0 N–H and O–H groups in total. The van der Waals surface area contributed by atoms with Crippen LogP contribution < -0.4 is 0 Å². The molecule has 0 aromatic rings. The van der Waals surface area contributed by atoms with Gasteiger partial charge in [-0.3, -0.25) is 0 Å². The molecule has 1 heterocycles. The topological polar surface area (TPSA) is 3.01 Å². The van der Waals surface area contributed by atoms with Crippen LogP contribution in [0.1, 0.15) is 6.92 Å². The van der Waals surface area contributed by atoms with Gasteiger partial charge in [0.1, 0.15) is 0 Å². The van der Waals surface area contributed by atoms with E-state index in [9.17, 15) is 0 Å². The zero-order chi connectivity index (χ0) is 9.84. The van der Waals surface area contributed by atoms with Crippen LogP contribution >= 0.6 is 11.6 Å². The largest absolute Gasteiger partial charge is 0.368 e. The molecule has 0 aromatic heterocycles. The van der Waals surface area contributed by atoms with E-state index in [2.05, 4.69) is 18.1 Å². The quantitative estimate of drug-likeness (QED) is 0.492. The number of rotatable bonds is 4. The molecule has 1 rings (SSSR count). The highest BCUT2D eigenvalue weighted by atomic mass is 35.5. The zero-order valence-corrected chi connectivity index (χ0v) is 8.64. The van der Waals surface area contributed by atoms with Crippen molar-refractivity contribution >= 4 is 11.6 Å². The Balaban J connectivity index is 2.82. The Hall–Kier alpha value is -0.950. The molecule has 0 radical (unpaired) electrons. The summed E-state index contributed by atoms with van der Waals surface area (Å²) in [5.74, 6) is 0. The van der Waals surface area contributed by atoms with Gasteiger partial charge in [0, 0.05) is 23.8 Å². The summed E-state index contributed by atoms with van der Waals surface area (Å²) in [4.78, 5) is 2.20. The zero-order valence-electron chi connectivity index (χ0n) is 7.89. The van der Waals surface area contributed by atoms with E-state index in [1.807, 2.05) is 19.1 Å². The van der Waals surface area contributed by atoms with Crippen LogP contribution in [-0.4, -0.2) is 18.0 Å². The van der Waals surface area contributed by atoms with E-state index < -0.39 is 0 Å². The van der Waals surface area contributed by atoms with Crippen LogP contribution in [0, 0.1) is 0 Å². The molecule has 0 aromatic carbocycles. The third kappa shape index (κ3) is 2.78. The van der Waals surface area contributed by atoms with Crippen LogP contribution in [0.4, 0.5) is 0 Å². The number of nitrogens with zero attached hydrogens (tertiary/aromatic N) is 1. The molecular weight excluding hydrogens is 182 g/mol. The molecule has 1 saturated heterocycles. The second kappa shape index (κ2) is 4.33. The Morgan fingerprint density at radius 3 is 2.31 bits per heavy atom. The summed E-state index contributed by atoms with van der Waals surface area (Å²) in [6, 6.07) is 0. The molecule has 0 unspecified atom stereocenters. The predicted octanol–water partition coefficient (Wildman–Crippen LogP) is 3.07. The highest BCUT2D eigenvalue weighted by Gasteiger charge is 2.18. The van der Waals surface area contributed by atoms with E-state index >= 15 is 0 Å². The second-order valence-electron chi connectivity index (χ2n) is 3.00. The lowest BCUT2D eigenvalue weighted by atomic mass is 10.2. The van der Waals surface area contributed by atoms with E-state index in [1.54, 1.807) is 6.08 Å². The molecule has 0 spiro atoms. The molecule has 1 aliphatic heterocycles. The molecule has 1 nitrogen and oxygen atoms in total. The molecule has 13 heavy (non-hydrogen) atoms. The first-order valence-electron chi connectivity index (χ1n) is 4.27. The van der Waals surface area contributed by atoms with E-state index in [1.165, 1.54) is 0 Å². The molecule has 1 aliphatic rings. The summed E-state index contributed by atoms with van der Waals surface area (Å²) in [6.07, 6.45) is 5.51. The number of hydrogen-bond acceptors (Lipinski definition) is 1. The average molecular weight is 196 g/mol. The summed E-state index contributed by atoms with van der Waals surface area (Å²) in [6.45, 7) is 11.6. The first-order chi connectivity index (χ1) is 6.19. The van der Waals surface area contributed by atoms with Crippen LogP contribution in [0.15, 0.2) is 47.7 Å². The van der Waals surface area contributed by atoms with Gasteiger partial charge in [-0.1, -0.05) is 30.8 Å². The van der Waals surface area contributed by atoms with E-state index in [0.29, 0.717) is 0 Å². The maximum atomic E-state index is 6.03. The van der Waals surface area contributed by atoms with Crippen molar-refractivity contribution in [3.8, 4) is 0 Å². The Bertz CT molecular complexity index is 282. The van der Waals surface area contributed by atoms with Gasteiger partial charge in [-0.15, -0.1) is 0 Å². The van der Waals surface area contributed by atoms with Crippen LogP contribution in [-0.2, 0) is 0 Å². The van der Waals surface area contributed by atoms with Gasteiger partial charge in [-0.05, 0) is 24.6 Å². The van der Waals surface area contributed by atoms with Crippen LogP contribution in [0.3, 0.4) is 0 Å². The molecule has 0 amide bonds. The van der Waals surface area contributed by atoms with Gasteiger partial charge in [0.25, 0.3) is 0 Å². The smallest absolute Gasteiger partial charge is 0.0455 e. The number of hydrogen-bond donors (Lipinski definition) is 0. The van der Waals surface area contributed by atoms with Gasteiger partial charge in [0.05, 0.1) is 0 Å². The standard InChI is InChI=1S/C11H14ClN/c1-4-9(3)11(12)8-10(5-2)13-6-7-13/h4-5,8H,1-2,6-7H2,3H3/b10-8+,11-9-. The van der Waals surface area contributed by atoms with Crippen LogP contribution in [0.25, 0.3) is 0 Å². The van der Waals surface area contributed by atoms with Crippen molar-refractivity contribution in [2.45, 2.75) is 6.92 Å². The fraction of sp³-hybridized carbons (Fsp3) is 0.273. The van der Waals surface area contributed by atoms with Gasteiger partial charge in [0.2, 0.25) is 0 Å². The Kier molecular flexibility index (Phi) is 3.38. The lowest BCUT2D eigenvalue weighted by Crippen LogP contribution is -1.93. The van der Waals surface area contributed by atoms with Gasteiger partial charge >= 0.3 is 0 Å². The van der Waals surface area contributed by atoms with Crippen molar-refractivity contribution < 1.29 is 0 Å². The lowest BCUT2D eigenvalue weighted by Gasteiger charge is -2.03. The summed E-state index contributed by atoms with van der Waals surface area (Å²) >= 11 is 6.03. The second-order valence-corrected chi connectivity index (χ2v) is 3.40. The van der Waals surface area contributed by atoms with Crippen LogP contribution in [0.5, 0.6) is 0 Å². The van der Waals surface area contributed by atoms with Gasteiger partial charge in [0.15, 0.2) is 0 Å². The molecular formula is C11H14ClN. The van der Waals surface area contributed by atoms with E-state index in [0.717, 1.165) is 29.4 Å². The summed E-state index contributed by atoms with van der Waals surface area (Å²) < 4.78 is 0. The monoisotopic (exact) mass is 195 g/mol. The van der Waals surface area contributed by atoms with Crippen molar-refractivity contribution in [2.24, 2.45) is 0 Å². The molecule has 0 aliphatic carbocycles. The molecule has 2 heteroatoms. The summed E-state index contributed by atoms with van der Waals surface area (Å²) in [5, 5.41) is 0.733. The first-order valence-corrected chi connectivity index (χ1v) is 4.64. The van der Waals surface area contributed by atoms with Gasteiger partial charge in [-0.2, -0.15) is 0 Å². The highest BCUT2D eigenvalue weighted by Crippen LogP contribution is 2.20. The third-order valence-corrected chi connectivity index (χ3v) is 2.39. The number of halogens is 1. The fourth-order valence-electron chi connectivity index (χ4n) is 0.929.